The van der Waals surface area contributed by atoms with Crippen molar-refractivity contribution < 1.29 is 5.11 Å². The van der Waals surface area contributed by atoms with Crippen molar-refractivity contribution in [2.24, 2.45) is 0 Å². The summed E-state index contributed by atoms with van der Waals surface area (Å²) in [5, 5.41) is 13.5. The number of likely N-dealkylation sites (N-methyl/N-ethyl adjacent to an activating group) is 1. The molecule has 0 aliphatic heterocycles. The fourth-order valence-electron chi connectivity index (χ4n) is 1.70. The van der Waals surface area contributed by atoms with Gasteiger partial charge in [0.05, 0.1) is 19.3 Å². The van der Waals surface area contributed by atoms with Gasteiger partial charge in [0.2, 0.25) is 0 Å². The second-order valence-electron chi connectivity index (χ2n) is 4.39. The van der Waals surface area contributed by atoms with Gasteiger partial charge in [-0.25, -0.2) is 0 Å². The third-order valence-electron chi connectivity index (χ3n) is 2.44. The SMILES string of the molecule is CC(C)c1c(CO)cnn1CCN(C)C. The van der Waals surface area contributed by atoms with E-state index in [-0.39, 0.29) is 6.61 Å². The number of hydrogen-bond acceptors (Lipinski definition) is 3. The number of nitrogens with zero attached hydrogens (tertiary/aromatic N) is 3. The predicted octanol–water partition coefficient (Wildman–Crippen LogP) is 1.06. The lowest BCUT2D eigenvalue weighted by Crippen LogP contribution is -2.20. The van der Waals surface area contributed by atoms with Crippen LogP contribution in [0.3, 0.4) is 0 Å². The first-order chi connectivity index (χ1) is 7.06. The second kappa shape index (κ2) is 5.28. The maximum Gasteiger partial charge on any atom is 0.0715 e. The van der Waals surface area contributed by atoms with Crippen molar-refractivity contribution in [2.45, 2.75) is 32.9 Å². The summed E-state index contributed by atoms with van der Waals surface area (Å²) in [6.45, 7) is 6.17. The molecule has 0 unspecified atom stereocenters. The number of aromatic nitrogens is 2. The van der Waals surface area contributed by atoms with Crippen molar-refractivity contribution in [3.63, 3.8) is 0 Å². The van der Waals surface area contributed by atoms with Gasteiger partial charge in [0.25, 0.3) is 0 Å². The minimum atomic E-state index is 0.0788. The van der Waals surface area contributed by atoms with Gasteiger partial charge in [-0.15, -0.1) is 0 Å². The Balaban J connectivity index is 2.82. The van der Waals surface area contributed by atoms with Crippen LogP contribution in [0, 0.1) is 0 Å². The Bertz CT molecular complexity index is 305. The molecule has 0 atom stereocenters. The summed E-state index contributed by atoms with van der Waals surface area (Å²) in [5.74, 6) is 0.400. The van der Waals surface area contributed by atoms with Crippen LogP contribution in [0.2, 0.25) is 0 Å². The van der Waals surface area contributed by atoms with E-state index >= 15 is 0 Å². The molecule has 0 aliphatic carbocycles. The number of hydrogen-bond donors (Lipinski definition) is 1. The molecule has 0 saturated carbocycles. The largest absolute Gasteiger partial charge is 0.392 e. The Labute approximate surface area is 91.5 Å². The highest BCUT2D eigenvalue weighted by molar-refractivity contribution is 5.20. The highest BCUT2D eigenvalue weighted by atomic mass is 16.3. The summed E-state index contributed by atoms with van der Waals surface area (Å²) in [6, 6.07) is 0. The first-order valence-corrected chi connectivity index (χ1v) is 5.36. The summed E-state index contributed by atoms with van der Waals surface area (Å²) < 4.78 is 2.00. The van der Waals surface area contributed by atoms with Gasteiger partial charge in [-0.1, -0.05) is 13.8 Å². The van der Waals surface area contributed by atoms with E-state index in [1.165, 1.54) is 0 Å². The van der Waals surface area contributed by atoms with Gasteiger partial charge in [-0.2, -0.15) is 5.10 Å². The van der Waals surface area contributed by atoms with E-state index in [2.05, 4.69) is 23.8 Å². The van der Waals surface area contributed by atoms with Crippen LogP contribution in [0.25, 0.3) is 0 Å². The Morgan fingerprint density at radius 1 is 1.47 bits per heavy atom. The van der Waals surface area contributed by atoms with Gasteiger partial charge in [0, 0.05) is 17.8 Å². The molecule has 4 heteroatoms. The van der Waals surface area contributed by atoms with Crippen LogP contribution >= 0.6 is 0 Å². The Kier molecular flexibility index (Phi) is 4.29. The first kappa shape index (κ1) is 12.2. The number of aliphatic hydroxyl groups is 1. The molecule has 1 rings (SSSR count). The van der Waals surface area contributed by atoms with Crippen LogP contribution in [0.5, 0.6) is 0 Å². The zero-order valence-corrected chi connectivity index (χ0v) is 10.1. The second-order valence-corrected chi connectivity index (χ2v) is 4.39. The maximum atomic E-state index is 9.19. The molecule has 0 aliphatic rings. The van der Waals surface area contributed by atoms with Gasteiger partial charge in [-0.05, 0) is 20.0 Å². The van der Waals surface area contributed by atoms with Crippen molar-refractivity contribution >= 4 is 0 Å². The van der Waals surface area contributed by atoms with Crippen molar-refractivity contribution in [1.29, 1.82) is 0 Å². The van der Waals surface area contributed by atoms with Crippen molar-refractivity contribution in [3.05, 3.63) is 17.5 Å². The van der Waals surface area contributed by atoms with E-state index < -0.39 is 0 Å². The van der Waals surface area contributed by atoms with E-state index in [0.29, 0.717) is 5.92 Å². The summed E-state index contributed by atoms with van der Waals surface area (Å²) in [6.07, 6.45) is 1.77. The van der Waals surface area contributed by atoms with Crippen LogP contribution in [0.15, 0.2) is 6.20 Å². The Morgan fingerprint density at radius 2 is 2.13 bits per heavy atom. The minimum absolute atomic E-state index is 0.0788. The molecule has 1 heterocycles. The molecule has 1 aromatic rings. The molecule has 86 valence electrons. The lowest BCUT2D eigenvalue weighted by atomic mass is 10.1. The van der Waals surface area contributed by atoms with E-state index in [9.17, 15) is 5.11 Å². The zero-order chi connectivity index (χ0) is 11.4. The van der Waals surface area contributed by atoms with Gasteiger partial charge in [0.15, 0.2) is 0 Å². The molecule has 0 radical (unpaired) electrons. The maximum absolute atomic E-state index is 9.19. The van der Waals surface area contributed by atoms with Gasteiger partial charge in [0.1, 0.15) is 0 Å². The van der Waals surface area contributed by atoms with E-state index in [1.54, 1.807) is 6.20 Å². The van der Waals surface area contributed by atoms with Gasteiger partial charge >= 0.3 is 0 Å². The highest BCUT2D eigenvalue weighted by Crippen LogP contribution is 2.19. The molecule has 0 spiro atoms. The van der Waals surface area contributed by atoms with Crippen molar-refractivity contribution in [3.8, 4) is 0 Å². The highest BCUT2D eigenvalue weighted by Gasteiger charge is 2.13. The molecular formula is C11H21N3O. The average molecular weight is 211 g/mol. The van der Waals surface area contributed by atoms with Crippen LogP contribution in [-0.2, 0) is 13.2 Å². The lowest BCUT2D eigenvalue weighted by molar-refractivity contribution is 0.279. The molecule has 15 heavy (non-hydrogen) atoms. The normalized spacial score (nSPS) is 11.7. The van der Waals surface area contributed by atoms with Crippen LogP contribution in [0.4, 0.5) is 0 Å². The lowest BCUT2D eigenvalue weighted by Gasteiger charge is -2.14. The molecule has 0 bridgehead atoms. The topological polar surface area (TPSA) is 41.3 Å². The third kappa shape index (κ3) is 3.04. The minimum Gasteiger partial charge on any atom is -0.392 e. The standard InChI is InChI=1S/C11H21N3O/c1-9(2)11-10(8-15)7-12-14(11)6-5-13(3)4/h7,9,15H,5-6,8H2,1-4H3. The van der Waals surface area contributed by atoms with E-state index in [1.807, 2.05) is 18.8 Å². The van der Waals surface area contributed by atoms with Crippen LogP contribution < -0.4 is 0 Å². The number of aliphatic hydroxyl groups excluding tert-OH is 1. The number of rotatable bonds is 5. The molecule has 1 N–H and O–H groups in total. The molecule has 0 amide bonds. The Hall–Kier alpha value is -0.870. The zero-order valence-electron chi connectivity index (χ0n) is 10.1. The smallest absolute Gasteiger partial charge is 0.0715 e. The van der Waals surface area contributed by atoms with Gasteiger partial charge in [-0.3, -0.25) is 4.68 Å². The molecule has 4 nitrogen and oxygen atoms in total. The Morgan fingerprint density at radius 3 is 2.60 bits per heavy atom. The van der Waals surface area contributed by atoms with E-state index in [0.717, 1.165) is 24.3 Å². The van der Waals surface area contributed by atoms with E-state index in [4.69, 9.17) is 0 Å². The third-order valence-corrected chi connectivity index (χ3v) is 2.44. The summed E-state index contributed by atoms with van der Waals surface area (Å²) in [4.78, 5) is 2.13. The quantitative estimate of drug-likeness (QED) is 0.792. The fraction of sp³-hybridized carbons (Fsp3) is 0.727. The monoisotopic (exact) mass is 211 g/mol. The van der Waals surface area contributed by atoms with Crippen molar-refractivity contribution in [2.75, 3.05) is 20.6 Å². The average Bonchev–Trinajstić information content (AvgIpc) is 2.57. The summed E-state index contributed by atoms with van der Waals surface area (Å²) in [5.41, 5.74) is 2.10. The molecule has 1 aromatic heterocycles. The van der Waals surface area contributed by atoms with Crippen molar-refractivity contribution in [1.82, 2.24) is 14.7 Å². The van der Waals surface area contributed by atoms with Gasteiger partial charge < -0.3 is 10.0 Å². The molecule has 0 saturated heterocycles. The van der Waals surface area contributed by atoms with Crippen LogP contribution in [0.1, 0.15) is 31.0 Å². The summed E-state index contributed by atoms with van der Waals surface area (Å²) in [7, 11) is 4.09. The molecular weight excluding hydrogens is 190 g/mol. The summed E-state index contributed by atoms with van der Waals surface area (Å²) >= 11 is 0. The van der Waals surface area contributed by atoms with Crippen LogP contribution in [-0.4, -0.2) is 40.4 Å². The molecule has 0 fully saturated rings. The fourth-order valence-corrected chi connectivity index (χ4v) is 1.70. The molecule has 0 aromatic carbocycles. The first-order valence-electron chi connectivity index (χ1n) is 5.36. The predicted molar refractivity (Wildman–Crippen MR) is 60.8 cm³/mol.